The first-order chi connectivity index (χ1) is 9.47. The Balaban J connectivity index is 2.18. The van der Waals surface area contributed by atoms with Gasteiger partial charge in [0.25, 0.3) is 0 Å². The molecule has 0 aliphatic heterocycles. The molecule has 104 valence electrons. The molecule has 0 heterocycles. The first-order valence-electron chi connectivity index (χ1n) is 6.12. The highest BCUT2D eigenvalue weighted by atomic mass is 35.5. The molecule has 0 aliphatic rings. The van der Waals surface area contributed by atoms with Gasteiger partial charge in [0.15, 0.2) is 0 Å². The van der Waals surface area contributed by atoms with E-state index in [4.69, 9.17) is 22.4 Å². The van der Waals surface area contributed by atoms with Crippen molar-refractivity contribution in [1.82, 2.24) is 0 Å². The van der Waals surface area contributed by atoms with Gasteiger partial charge in [0.2, 0.25) is 0 Å². The second kappa shape index (κ2) is 5.84. The van der Waals surface area contributed by atoms with Crippen LogP contribution in [0, 0.1) is 0 Å². The molecule has 2 aromatic carbocycles. The molecule has 1 atom stereocenters. The van der Waals surface area contributed by atoms with Crippen molar-refractivity contribution >= 4 is 28.9 Å². The lowest BCUT2D eigenvalue weighted by atomic mass is 10.1. The van der Waals surface area contributed by atoms with E-state index in [9.17, 15) is 4.79 Å². The maximum Gasteiger partial charge on any atom is 0.337 e. The van der Waals surface area contributed by atoms with E-state index in [0.717, 1.165) is 11.3 Å². The van der Waals surface area contributed by atoms with Gasteiger partial charge in [-0.25, -0.2) is 4.79 Å². The van der Waals surface area contributed by atoms with E-state index in [1.54, 1.807) is 12.1 Å². The molecule has 1 unspecified atom stereocenters. The molecular weight excluding hydrogens is 276 g/mol. The number of hydrogen-bond acceptors (Lipinski definition) is 3. The Hall–Kier alpha value is -2.20. The summed E-state index contributed by atoms with van der Waals surface area (Å²) < 4.78 is 0. The second-order valence-electron chi connectivity index (χ2n) is 4.53. The number of hydrogen-bond donors (Lipinski definition) is 3. The van der Waals surface area contributed by atoms with E-state index in [0.29, 0.717) is 5.02 Å². The smallest absolute Gasteiger partial charge is 0.337 e. The maximum absolute atomic E-state index is 10.9. The fourth-order valence-electron chi connectivity index (χ4n) is 1.96. The Morgan fingerprint density at radius 3 is 2.65 bits per heavy atom. The predicted octanol–water partition coefficient (Wildman–Crippen LogP) is 3.79. The Morgan fingerprint density at radius 2 is 2.05 bits per heavy atom. The number of carbonyl (C=O) groups is 1. The van der Waals surface area contributed by atoms with Crippen molar-refractivity contribution in [2.45, 2.75) is 13.0 Å². The minimum Gasteiger partial charge on any atom is -0.478 e. The normalized spacial score (nSPS) is 11.9. The number of nitrogens with two attached hydrogens (primary N) is 1. The van der Waals surface area contributed by atoms with E-state index in [1.807, 2.05) is 31.2 Å². The average molecular weight is 291 g/mol. The lowest BCUT2D eigenvalue weighted by Gasteiger charge is -2.16. The number of carboxylic acid groups (broad SMARTS) is 1. The van der Waals surface area contributed by atoms with Crippen LogP contribution in [0.15, 0.2) is 42.5 Å². The summed E-state index contributed by atoms with van der Waals surface area (Å²) in [6.07, 6.45) is 0. The summed E-state index contributed by atoms with van der Waals surface area (Å²) in [5, 5.41) is 12.9. The van der Waals surface area contributed by atoms with Crippen molar-refractivity contribution in [3.63, 3.8) is 0 Å². The lowest BCUT2D eigenvalue weighted by Crippen LogP contribution is -2.08. The monoisotopic (exact) mass is 290 g/mol. The van der Waals surface area contributed by atoms with Crippen LogP contribution in [0.2, 0.25) is 5.02 Å². The Labute approximate surface area is 122 Å². The Kier molecular flexibility index (Phi) is 4.15. The average Bonchev–Trinajstić information content (AvgIpc) is 2.38. The molecule has 4 nitrogen and oxygen atoms in total. The van der Waals surface area contributed by atoms with E-state index in [1.165, 1.54) is 6.07 Å². The van der Waals surface area contributed by atoms with Crippen LogP contribution in [0.1, 0.15) is 28.9 Å². The number of aromatic carboxylic acids is 1. The molecule has 2 aromatic rings. The highest BCUT2D eigenvalue weighted by Crippen LogP contribution is 2.24. The largest absolute Gasteiger partial charge is 0.478 e. The summed E-state index contributed by atoms with van der Waals surface area (Å²) in [4.78, 5) is 10.9. The molecule has 0 saturated carbocycles. The molecule has 0 spiro atoms. The highest BCUT2D eigenvalue weighted by molar-refractivity contribution is 6.30. The molecule has 20 heavy (non-hydrogen) atoms. The zero-order valence-corrected chi connectivity index (χ0v) is 11.7. The van der Waals surface area contributed by atoms with Crippen molar-refractivity contribution in [1.29, 1.82) is 0 Å². The zero-order valence-electron chi connectivity index (χ0n) is 10.9. The van der Waals surface area contributed by atoms with Gasteiger partial charge in [-0.3, -0.25) is 0 Å². The molecule has 2 rings (SSSR count). The molecule has 0 fully saturated rings. The van der Waals surface area contributed by atoms with Gasteiger partial charge in [0, 0.05) is 22.4 Å². The molecule has 0 amide bonds. The second-order valence-corrected chi connectivity index (χ2v) is 4.96. The van der Waals surface area contributed by atoms with Crippen molar-refractivity contribution in [2.24, 2.45) is 0 Å². The molecular formula is C15H15ClN2O2. The lowest BCUT2D eigenvalue weighted by molar-refractivity contribution is 0.0698. The van der Waals surface area contributed by atoms with Crippen molar-refractivity contribution < 1.29 is 9.90 Å². The molecule has 0 saturated heterocycles. The van der Waals surface area contributed by atoms with Gasteiger partial charge in [0.05, 0.1) is 5.56 Å². The summed E-state index contributed by atoms with van der Waals surface area (Å²) >= 11 is 5.96. The van der Waals surface area contributed by atoms with Crippen molar-refractivity contribution in [3.8, 4) is 0 Å². The topological polar surface area (TPSA) is 75.3 Å². The number of nitrogens with one attached hydrogen (secondary N) is 1. The van der Waals surface area contributed by atoms with Gasteiger partial charge in [-0.1, -0.05) is 23.7 Å². The summed E-state index contributed by atoms with van der Waals surface area (Å²) in [5.41, 5.74) is 7.86. The molecule has 0 aromatic heterocycles. The third-order valence-corrected chi connectivity index (χ3v) is 3.25. The maximum atomic E-state index is 10.9. The number of rotatable bonds is 4. The van der Waals surface area contributed by atoms with Gasteiger partial charge >= 0.3 is 5.97 Å². The third-order valence-electron chi connectivity index (χ3n) is 3.01. The van der Waals surface area contributed by atoms with Gasteiger partial charge < -0.3 is 16.2 Å². The van der Waals surface area contributed by atoms with Crippen LogP contribution in [0.5, 0.6) is 0 Å². The van der Waals surface area contributed by atoms with Crippen molar-refractivity contribution in [2.75, 3.05) is 11.1 Å². The van der Waals surface area contributed by atoms with E-state index in [-0.39, 0.29) is 17.3 Å². The van der Waals surface area contributed by atoms with Crippen LogP contribution in [0.3, 0.4) is 0 Å². The minimum atomic E-state index is -1.03. The van der Waals surface area contributed by atoms with Gasteiger partial charge in [-0.15, -0.1) is 0 Å². The quantitative estimate of drug-likeness (QED) is 0.749. The van der Waals surface area contributed by atoms with E-state index < -0.39 is 5.97 Å². The van der Waals surface area contributed by atoms with Crippen molar-refractivity contribution in [3.05, 3.63) is 58.6 Å². The predicted molar refractivity (Wildman–Crippen MR) is 81.3 cm³/mol. The first-order valence-corrected chi connectivity index (χ1v) is 6.50. The SMILES string of the molecule is CC(Nc1ccc(C(=O)O)c(N)c1)c1cccc(Cl)c1. The van der Waals surface area contributed by atoms with Crippen LogP contribution >= 0.6 is 11.6 Å². The van der Waals surface area contributed by atoms with Gasteiger partial charge in [0.1, 0.15) is 0 Å². The van der Waals surface area contributed by atoms with Crippen LogP contribution in [0.25, 0.3) is 0 Å². The molecule has 4 N–H and O–H groups in total. The first kappa shape index (κ1) is 14.2. The van der Waals surface area contributed by atoms with E-state index in [2.05, 4.69) is 5.32 Å². The standard InChI is InChI=1S/C15H15ClN2O2/c1-9(10-3-2-4-11(16)7-10)18-12-5-6-13(15(19)20)14(17)8-12/h2-9,18H,17H2,1H3,(H,19,20). The van der Waals surface area contributed by atoms with Gasteiger partial charge in [-0.2, -0.15) is 0 Å². The minimum absolute atomic E-state index is 0.0313. The Morgan fingerprint density at radius 1 is 1.30 bits per heavy atom. The number of carboxylic acids is 1. The summed E-state index contributed by atoms with van der Waals surface area (Å²) in [5.74, 6) is -1.03. The molecule has 0 radical (unpaired) electrons. The number of nitrogen functional groups attached to an aromatic ring is 1. The summed E-state index contributed by atoms with van der Waals surface area (Å²) in [6, 6.07) is 12.4. The molecule has 5 heteroatoms. The van der Waals surface area contributed by atoms with Gasteiger partial charge in [-0.05, 0) is 42.8 Å². The molecule has 0 aliphatic carbocycles. The van der Waals surface area contributed by atoms with Crippen LogP contribution < -0.4 is 11.1 Å². The summed E-state index contributed by atoms with van der Waals surface area (Å²) in [6.45, 7) is 1.99. The number of halogens is 1. The molecule has 0 bridgehead atoms. The van der Waals surface area contributed by atoms with Crippen LogP contribution in [-0.2, 0) is 0 Å². The fraction of sp³-hybridized carbons (Fsp3) is 0.133. The third kappa shape index (κ3) is 3.22. The number of anilines is 2. The Bertz CT molecular complexity index is 644. The number of benzene rings is 2. The fourth-order valence-corrected chi connectivity index (χ4v) is 2.16. The van der Waals surface area contributed by atoms with Crippen LogP contribution in [-0.4, -0.2) is 11.1 Å². The van der Waals surface area contributed by atoms with E-state index >= 15 is 0 Å². The zero-order chi connectivity index (χ0) is 14.7. The van der Waals surface area contributed by atoms with Crippen LogP contribution in [0.4, 0.5) is 11.4 Å². The highest BCUT2D eigenvalue weighted by Gasteiger charge is 2.10. The summed E-state index contributed by atoms with van der Waals surface area (Å²) in [7, 11) is 0.